The van der Waals surface area contributed by atoms with Crippen LogP contribution in [0, 0.1) is 0 Å². The molecule has 0 aliphatic rings. The van der Waals surface area contributed by atoms with E-state index in [1.165, 1.54) is 22.7 Å². The largest absolute Gasteiger partial charge is 0.276 e. The van der Waals surface area contributed by atoms with Gasteiger partial charge < -0.3 is 0 Å². The van der Waals surface area contributed by atoms with Crippen molar-refractivity contribution in [2.45, 2.75) is 0 Å². The third kappa shape index (κ3) is 3.30. The molecule has 29 heavy (non-hydrogen) atoms. The highest BCUT2D eigenvalue weighted by atomic mass is 35.5. The molecular weight excluding hydrogens is 443 g/mol. The maximum atomic E-state index is 13.7. The Morgan fingerprint density at radius 3 is 2.38 bits per heavy atom. The van der Waals surface area contributed by atoms with E-state index < -0.39 is 0 Å². The normalized spacial score (nSPS) is 11.2. The average Bonchev–Trinajstić information content (AvgIpc) is 3.29. The van der Waals surface area contributed by atoms with Crippen molar-refractivity contribution in [2.75, 3.05) is 4.90 Å². The fourth-order valence-electron chi connectivity index (χ4n) is 3.14. The van der Waals surface area contributed by atoms with E-state index in [0.717, 1.165) is 20.3 Å². The standard InChI is InChI=1S/C22H12Cl2N2OS2/c23-13-6-5-7-14(12-13)26(22-25-16-9-2-4-11-18(16)29-22)21(27)20-19(24)15-8-1-3-10-17(15)28-20/h1-12H. The maximum absolute atomic E-state index is 13.7. The molecule has 0 fully saturated rings. The Kier molecular flexibility index (Phi) is 4.76. The van der Waals surface area contributed by atoms with Gasteiger partial charge in [0, 0.05) is 15.1 Å². The van der Waals surface area contributed by atoms with Crippen LogP contribution in [0.25, 0.3) is 20.3 Å². The summed E-state index contributed by atoms with van der Waals surface area (Å²) in [6.07, 6.45) is 0. The Morgan fingerprint density at radius 2 is 1.62 bits per heavy atom. The fraction of sp³-hybridized carbons (Fsp3) is 0. The van der Waals surface area contributed by atoms with E-state index in [0.29, 0.717) is 25.7 Å². The van der Waals surface area contributed by atoms with Crippen LogP contribution in [0.1, 0.15) is 9.67 Å². The summed E-state index contributed by atoms with van der Waals surface area (Å²) in [5.41, 5.74) is 1.49. The number of hydrogen-bond donors (Lipinski definition) is 0. The first kappa shape index (κ1) is 18.6. The zero-order chi connectivity index (χ0) is 20.0. The van der Waals surface area contributed by atoms with Crippen molar-refractivity contribution >= 4 is 82.9 Å². The summed E-state index contributed by atoms with van der Waals surface area (Å²) >= 11 is 15.7. The Balaban J connectivity index is 1.70. The van der Waals surface area contributed by atoms with E-state index in [4.69, 9.17) is 28.2 Å². The van der Waals surface area contributed by atoms with Crippen molar-refractivity contribution in [3.05, 3.63) is 87.7 Å². The van der Waals surface area contributed by atoms with E-state index in [1.54, 1.807) is 17.0 Å². The molecule has 0 atom stereocenters. The van der Waals surface area contributed by atoms with Crippen LogP contribution in [0.5, 0.6) is 0 Å². The molecule has 0 N–H and O–H groups in total. The molecule has 2 aromatic heterocycles. The number of rotatable bonds is 3. The van der Waals surface area contributed by atoms with Gasteiger partial charge in [0.25, 0.3) is 5.91 Å². The molecule has 0 saturated carbocycles. The predicted molar refractivity (Wildman–Crippen MR) is 124 cm³/mol. The predicted octanol–water partition coefficient (Wildman–Crippen LogP) is 7.80. The number of benzene rings is 3. The molecule has 0 aliphatic heterocycles. The highest BCUT2D eigenvalue weighted by Crippen LogP contribution is 2.40. The number of anilines is 2. The van der Waals surface area contributed by atoms with Gasteiger partial charge in [0.2, 0.25) is 0 Å². The van der Waals surface area contributed by atoms with Gasteiger partial charge in [-0.15, -0.1) is 11.3 Å². The van der Waals surface area contributed by atoms with Crippen LogP contribution in [-0.2, 0) is 0 Å². The number of carbonyl (C=O) groups is 1. The molecule has 5 rings (SSSR count). The number of amides is 1. The number of fused-ring (bicyclic) bond motifs is 2. The van der Waals surface area contributed by atoms with Crippen molar-refractivity contribution < 1.29 is 4.79 Å². The summed E-state index contributed by atoms with van der Waals surface area (Å²) < 4.78 is 1.97. The minimum Gasteiger partial charge on any atom is -0.267 e. The van der Waals surface area contributed by atoms with Crippen LogP contribution >= 0.6 is 45.9 Å². The van der Waals surface area contributed by atoms with Crippen LogP contribution in [-0.4, -0.2) is 10.9 Å². The number of para-hydroxylation sites is 1. The first-order valence-corrected chi connectivity index (χ1v) is 11.1. The Labute approximate surface area is 184 Å². The molecule has 3 nitrogen and oxygen atoms in total. The van der Waals surface area contributed by atoms with Gasteiger partial charge in [-0.1, -0.05) is 70.9 Å². The van der Waals surface area contributed by atoms with Crippen LogP contribution in [0.15, 0.2) is 72.8 Å². The van der Waals surface area contributed by atoms with Crippen LogP contribution < -0.4 is 4.90 Å². The molecule has 0 aliphatic carbocycles. The van der Waals surface area contributed by atoms with Crippen molar-refractivity contribution in [1.29, 1.82) is 0 Å². The first-order chi connectivity index (χ1) is 14.1. The molecule has 142 valence electrons. The van der Waals surface area contributed by atoms with Gasteiger partial charge in [-0.3, -0.25) is 9.69 Å². The van der Waals surface area contributed by atoms with Gasteiger partial charge in [-0.2, -0.15) is 0 Å². The Bertz CT molecular complexity index is 1340. The van der Waals surface area contributed by atoms with Crippen LogP contribution in [0.3, 0.4) is 0 Å². The zero-order valence-corrected chi connectivity index (χ0v) is 17.9. The van der Waals surface area contributed by atoms with Gasteiger partial charge in [0.05, 0.1) is 20.9 Å². The second-order valence-corrected chi connectivity index (χ2v) is 9.20. The summed E-state index contributed by atoms with van der Waals surface area (Å²) in [7, 11) is 0. The highest BCUT2D eigenvalue weighted by molar-refractivity contribution is 7.23. The lowest BCUT2D eigenvalue weighted by atomic mass is 10.2. The van der Waals surface area contributed by atoms with Gasteiger partial charge >= 0.3 is 0 Å². The third-order valence-corrected chi connectivity index (χ3v) is 7.39. The van der Waals surface area contributed by atoms with Crippen LogP contribution in [0.2, 0.25) is 10.0 Å². The van der Waals surface area contributed by atoms with Crippen molar-refractivity contribution in [1.82, 2.24) is 4.98 Å². The molecule has 0 saturated heterocycles. The Hall–Kier alpha value is -2.44. The average molecular weight is 455 g/mol. The number of halogens is 2. The van der Waals surface area contributed by atoms with Gasteiger partial charge in [0.1, 0.15) is 4.88 Å². The number of aromatic nitrogens is 1. The lowest BCUT2D eigenvalue weighted by molar-refractivity contribution is 0.100. The monoisotopic (exact) mass is 454 g/mol. The molecule has 2 heterocycles. The molecule has 5 aromatic rings. The van der Waals surface area contributed by atoms with Crippen molar-refractivity contribution in [2.24, 2.45) is 0 Å². The molecule has 3 aromatic carbocycles. The second-order valence-electron chi connectivity index (χ2n) is 6.33. The van der Waals surface area contributed by atoms with E-state index in [-0.39, 0.29) is 5.91 Å². The summed E-state index contributed by atoms with van der Waals surface area (Å²) in [5.74, 6) is -0.225. The Morgan fingerprint density at radius 1 is 0.862 bits per heavy atom. The lowest BCUT2D eigenvalue weighted by Gasteiger charge is -2.19. The van der Waals surface area contributed by atoms with E-state index in [9.17, 15) is 4.79 Å². The summed E-state index contributed by atoms with van der Waals surface area (Å²) in [5, 5.41) is 2.46. The maximum Gasteiger partial charge on any atom is 0.276 e. The number of hydrogen-bond acceptors (Lipinski definition) is 4. The van der Waals surface area contributed by atoms with Crippen molar-refractivity contribution in [3.8, 4) is 0 Å². The highest BCUT2D eigenvalue weighted by Gasteiger charge is 2.27. The van der Waals surface area contributed by atoms with Crippen molar-refractivity contribution in [3.63, 3.8) is 0 Å². The molecular formula is C22H12Cl2N2OS2. The summed E-state index contributed by atoms with van der Waals surface area (Å²) in [4.78, 5) is 20.5. The second kappa shape index (κ2) is 7.43. The molecule has 0 spiro atoms. The SMILES string of the molecule is O=C(c1sc2ccccc2c1Cl)N(c1cccc(Cl)c1)c1nc2ccccc2s1. The first-order valence-electron chi connectivity index (χ1n) is 8.74. The number of carbonyl (C=O) groups excluding carboxylic acids is 1. The molecule has 0 bridgehead atoms. The molecule has 0 unspecified atom stereocenters. The van der Waals surface area contributed by atoms with Crippen LogP contribution in [0.4, 0.5) is 10.8 Å². The quantitative estimate of drug-likeness (QED) is 0.278. The smallest absolute Gasteiger partial charge is 0.267 e. The number of thiazole rings is 1. The number of thiophene rings is 1. The third-order valence-electron chi connectivity index (χ3n) is 4.47. The zero-order valence-electron chi connectivity index (χ0n) is 14.8. The van der Waals surface area contributed by atoms with Gasteiger partial charge in [-0.05, 0) is 36.4 Å². The van der Waals surface area contributed by atoms with Gasteiger partial charge in [0.15, 0.2) is 5.13 Å². The summed E-state index contributed by atoms with van der Waals surface area (Å²) in [6.45, 7) is 0. The topological polar surface area (TPSA) is 33.2 Å². The molecule has 0 radical (unpaired) electrons. The molecule has 7 heteroatoms. The van der Waals surface area contributed by atoms with Gasteiger partial charge in [-0.25, -0.2) is 4.98 Å². The van der Waals surface area contributed by atoms with E-state index in [2.05, 4.69) is 0 Å². The lowest BCUT2D eigenvalue weighted by Crippen LogP contribution is -2.25. The summed E-state index contributed by atoms with van der Waals surface area (Å²) in [6, 6.07) is 22.7. The van der Waals surface area contributed by atoms with E-state index in [1.807, 2.05) is 60.7 Å². The number of nitrogens with zero attached hydrogens (tertiary/aromatic N) is 2. The fourth-order valence-corrected chi connectivity index (χ4v) is 5.75. The van der Waals surface area contributed by atoms with E-state index >= 15 is 0 Å². The molecule has 1 amide bonds. The minimum absolute atomic E-state index is 0.225. The minimum atomic E-state index is -0.225.